The van der Waals surface area contributed by atoms with Gasteiger partial charge in [0, 0.05) is 17.0 Å². The molecule has 0 N–H and O–H groups in total. The normalized spacial score (nSPS) is 13.3. The van der Waals surface area contributed by atoms with Gasteiger partial charge in [0.05, 0.1) is 21.9 Å². The minimum Gasteiger partial charge on any atom is -0.293 e. The van der Waals surface area contributed by atoms with Crippen molar-refractivity contribution in [1.82, 2.24) is 0 Å². The second-order valence-electron chi connectivity index (χ2n) is 9.44. The summed E-state index contributed by atoms with van der Waals surface area (Å²) in [7, 11) is 0. The van der Waals surface area contributed by atoms with E-state index in [4.69, 9.17) is 23.2 Å². The summed E-state index contributed by atoms with van der Waals surface area (Å²) in [5, 5.41) is 0.785. The molecule has 2 unspecified atom stereocenters. The molecule has 0 saturated carbocycles. The van der Waals surface area contributed by atoms with Crippen LogP contribution in [-0.2, 0) is 0 Å². The summed E-state index contributed by atoms with van der Waals surface area (Å²) in [4.78, 5) is 28.9. The van der Waals surface area contributed by atoms with Gasteiger partial charge in [0.15, 0.2) is 11.6 Å². The lowest BCUT2D eigenvalue weighted by atomic mass is 9.67. The van der Waals surface area contributed by atoms with Gasteiger partial charge >= 0.3 is 0 Å². The Morgan fingerprint density at radius 3 is 1.21 bits per heavy atom. The Labute approximate surface area is 238 Å². The van der Waals surface area contributed by atoms with Gasteiger partial charge in [-0.15, -0.1) is 0 Å². The summed E-state index contributed by atoms with van der Waals surface area (Å²) >= 11 is 12.9. The van der Waals surface area contributed by atoms with E-state index in [9.17, 15) is 9.59 Å². The second-order valence-corrected chi connectivity index (χ2v) is 10.3. The molecule has 39 heavy (non-hydrogen) atoms. The topological polar surface area (TPSA) is 34.1 Å². The zero-order chi connectivity index (χ0) is 27.2. The summed E-state index contributed by atoms with van der Waals surface area (Å²) in [5.41, 5.74) is 3.57. The Balaban J connectivity index is 1.80. The number of Topliss-reactive ketones (excluding diaryl/α,β-unsaturated/α-hetero) is 2. The molecule has 0 bridgehead atoms. The number of rotatable bonds is 9. The molecule has 5 aromatic rings. The van der Waals surface area contributed by atoms with Gasteiger partial charge in [-0.2, -0.15) is 0 Å². The molecule has 0 aromatic heterocycles. The highest BCUT2D eigenvalue weighted by Gasteiger charge is 2.41. The molecule has 192 valence electrons. The van der Waals surface area contributed by atoms with Crippen molar-refractivity contribution in [2.24, 2.45) is 0 Å². The van der Waals surface area contributed by atoms with Gasteiger partial charge in [-0.25, -0.2) is 0 Å². The summed E-state index contributed by atoms with van der Waals surface area (Å²) in [5.74, 6) is -2.07. The van der Waals surface area contributed by atoms with Crippen LogP contribution in [0.4, 0.5) is 0 Å². The minimum absolute atomic E-state index is 0.0698. The predicted molar refractivity (Wildman–Crippen MR) is 159 cm³/mol. The third-order valence-corrected chi connectivity index (χ3v) is 7.78. The van der Waals surface area contributed by atoms with E-state index in [0.29, 0.717) is 21.2 Å². The van der Waals surface area contributed by atoms with Crippen molar-refractivity contribution >= 4 is 34.8 Å². The number of carbonyl (C=O) groups excluding carboxylic acids is 2. The fourth-order valence-corrected chi connectivity index (χ4v) is 5.53. The Morgan fingerprint density at radius 1 is 0.436 bits per heavy atom. The lowest BCUT2D eigenvalue weighted by molar-refractivity contribution is 0.0899. The first-order valence-electron chi connectivity index (χ1n) is 12.8. The van der Waals surface area contributed by atoms with E-state index >= 15 is 0 Å². The van der Waals surface area contributed by atoms with Crippen molar-refractivity contribution in [3.63, 3.8) is 0 Å². The standard InChI is InChI=1S/C35H26Cl2O2/c36-29-22-21-28(23-30(29)37)31(32(24-13-5-1-6-14-24)34(38)26-17-9-3-10-18-26)33(25-15-7-2-8-16-25)35(39)27-19-11-4-12-20-27/h1-23,31-33H. The molecule has 0 aliphatic heterocycles. The van der Waals surface area contributed by atoms with Crippen molar-refractivity contribution in [3.05, 3.63) is 177 Å². The van der Waals surface area contributed by atoms with Gasteiger partial charge in [-0.05, 0) is 28.8 Å². The van der Waals surface area contributed by atoms with Crippen LogP contribution in [0.25, 0.3) is 0 Å². The Kier molecular flexibility index (Phi) is 8.36. The molecule has 5 aromatic carbocycles. The van der Waals surface area contributed by atoms with E-state index in [1.165, 1.54) is 0 Å². The summed E-state index contributed by atoms with van der Waals surface area (Å²) in [6.07, 6.45) is 0. The number of hydrogen-bond acceptors (Lipinski definition) is 2. The molecule has 0 aliphatic rings. The van der Waals surface area contributed by atoms with E-state index in [-0.39, 0.29) is 11.6 Å². The highest BCUT2D eigenvalue weighted by Crippen LogP contribution is 2.47. The Bertz CT molecular complexity index is 1460. The molecular weight excluding hydrogens is 523 g/mol. The van der Waals surface area contributed by atoms with Crippen LogP contribution in [-0.4, -0.2) is 11.6 Å². The highest BCUT2D eigenvalue weighted by atomic mass is 35.5. The van der Waals surface area contributed by atoms with Crippen molar-refractivity contribution in [1.29, 1.82) is 0 Å². The lowest BCUT2D eigenvalue weighted by Gasteiger charge is -2.34. The van der Waals surface area contributed by atoms with Crippen LogP contribution < -0.4 is 0 Å². The van der Waals surface area contributed by atoms with Gasteiger partial charge < -0.3 is 0 Å². The van der Waals surface area contributed by atoms with Crippen LogP contribution >= 0.6 is 23.2 Å². The van der Waals surface area contributed by atoms with E-state index in [1.54, 1.807) is 12.1 Å². The molecule has 4 heteroatoms. The number of benzene rings is 5. The fourth-order valence-electron chi connectivity index (χ4n) is 5.23. The van der Waals surface area contributed by atoms with Crippen LogP contribution in [0.15, 0.2) is 140 Å². The van der Waals surface area contributed by atoms with Gasteiger partial charge in [-0.3, -0.25) is 9.59 Å². The molecule has 0 fully saturated rings. The molecule has 2 nitrogen and oxygen atoms in total. The van der Waals surface area contributed by atoms with Crippen LogP contribution in [0.3, 0.4) is 0 Å². The first kappa shape index (κ1) is 26.6. The van der Waals surface area contributed by atoms with Gasteiger partial charge in [0.2, 0.25) is 0 Å². The number of ketones is 2. The van der Waals surface area contributed by atoms with Gasteiger partial charge in [-0.1, -0.05) is 151 Å². The average Bonchev–Trinajstić information content (AvgIpc) is 3.00. The third kappa shape index (κ3) is 5.88. The third-order valence-electron chi connectivity index (χ3n) is 7.05. The van der Waals surface area contributed by atoms with E-state index in [2.05, 4.69) is 0 Å². The molecule has 5 rings (SSSR count). The van der Waals surface area contributed by atoms with Crippen LogP contribution in [0, 0.1) is 0 Å². The monoisotopic (exact) mass is 548 g/mol. The minimum atomic E-state index is -0.677. The smallest absolute Gasteiger partial charge is 0.170 e. The molecular formula is C35H26Cl2O2. The Hall–Kier alpha value is -3.98. The number of halogens is 2. The van der Waals surface area contributed by atoms with E-state index in [0.717, 1.165) is 16.7 Å². The maximum atomic E-state index is 14.4. The fraction of sp³-hybridized carbons (Fsp3) is 0.0857. The highest BCUT2D eigenvalue weighted by molar-refractivity contribution is 6.42. The molecule has 2 atom stereocenters. The van der Waals surface area contributed by atoms with Crippen molar-refractivity contribution < 1.29 is 9.59 Å². The SMILES string of the molecule is O=C(c1ccccc1)C(c1ccccc1)C(c1ccc(Cl)c(Cl)c1)C(C(=O)c1ccccc1)c1ccccc1. The maximum Gasteiger partial charge on any atom is 0.170 e. The van der Waals surface area contributed by atoms with Gasteiger partial charge in [0.25, 0.3) is 0 Å². The zero-order valence-electron chi connectivity index (χ0n) is 21.1. The average molecular weight is 549 g/mol. The van der Waals surface area contributed by atoms with E-state index < -0.39 is 17.8 Å². The second kappa shape index (κ2) is 12.3. The lowest BCUT2D eigenvalue weighted by Crippen LogP contribution is -2.30. The maximum absolute atomic E-state index is 14.4. The van der Waals surface area contributed by atoms with Crippen molar-refractivity contribution in [2.45, 2.75) is 17.8 Å². The first-order valence-corrected chi connectivity index (χ1v) is 13.5. The summed E-state index contributed by atoms with van der Waals surface area (Å²) in [6.45, 7) is 0. The summed E-state index contributed by atoms with van der Waals surface area (Å²) in [6, 6.07) is 43.2. The van der Waals surface area contributed by atoms with Crippen LogP contribution in [0.5, 0.6) is 0 Å². The summed E-state index contributed by atoms with van der Waals surface area (Å²) < 4.78 is 0. The quantitative estimate of drug-likeness (QED) is 0.172. The molecule has 0 saturated heterocycles. The molecule has 0 amide bonds. The van der Waals surface area contributed by atoms with Crippen LogP contribution in [0.1, 0.15) is 55.2 Å². The van der Waals surface area contributed by atoms with Crippen LogP contribution in [0.2, 0.25) is 10.0 Å². The first-order chi connectivity index (χ1) is 19.0. The number of carbonyl (C=O) groups is 2. The molecule has 0 heterocycles. The Morgan fingerprint density at radius 2 is 0.821 bits per heavy atom. The zero-order valence-corrected chi connectivity index (χ0v) is 22.6. The van der Waals surface area contributed by atoms with Crippen molar-refractivity contribution in [2.75, 3.05) is 0 Å². The predicted octanol–water partition coefficient (Wildman–Crippen LogP) is 9.41. The molecule has 0 radical (unpaired) electrons. The largest absolute Gasteiger partial charge is 0.293 e. The van der Waals surface area contributed by atoms with Gasteiger partial charge in [0.1, 0.15) is 0 Å². The van der Waals surface area contributed by atoms with Crippen molar-refractivity contribution in [3.8, 4) is 0 Å². The van der Waals surface area contributed by atoms with E-state index in [1.807, 2.05) is 127 Å². The molecule has 0 aliphatic carbocycles. The number of hydrogen-bond donors (Lipinski definition) is 0. The molecule has 0 spiro atoms.